The summed E-state index contributed by atoms with van der Waals surface area (Å²) in [5.74, 6) is -1.42. The summed E-state index contributed by atoms with van der Waals surface area (Å²) in [7, 11) is 0. The van der Waals surface area contributed by atoms with E-state index >= 15 is 0 Å². The lowest BCUT2D eigenvalue weighted by Gasteiger charge is -2.13. The first-order valence-electron chi connectivity index (χ1n) is 9.79. The van der Waals surface area contributed by atoms with Crippen LogP contribution in [0.4, 0.5) is 9.39 Å². The maximum Gasteiger partial charge on any atom is 0.341 e. The maximum absolute atomic E-state index is 14.2. The molecule has 0 radical (unpaired) electrons. The number of nitrogens with zero attached hydrogens (tertiary/aromatic N) is 1. The van der Waals surface area contributed by atoms with Crippen molar-refractivity contribution in [1.82, 2.24) is 0 Å². The third-order valence-corrected chi connectivity index (χ3v) is 6.62. The van der Waals surface area contributed by atoms with E-state index in [4.69, 9.17) is 21.2 Å². The van der Waals surface area contributed by atoms with Gasteiger partial charge in [-0.2, -0.15) is 0 Å². The van der Waals surface area contributed by atoms with Gasteiger partial charge in [0, 0.05) is 11.3 Å². The lowest BCUT2D eigenvalue weighted by Crippen LogP contribution is -2.28. The SMILES string of the molecule is CCOC(=O)c1c(NC(=O)C2CC(c3c(F)cccc3Cl)=NO2)sc2c1CCCC2. The Morgan fingerprint density at radius 2 is 2.17 bits per heavy atom. The number of halogens is 2. The van der Waals surface area contributed by atoms with Gasteiger partial charge in [0.25, 0.3) is 5.91 Å². The molecule has 1 amide bonds. The molecule has 2 aliphatic rings. The van der Waals surface area contributed by atoms with E-state index in [1.54, 1.807) is 13.0 Å². The number of carbonyl (C=O) groups excluding carboxylic acids is 2. The number of ether oxygens (including phenoxy) is 1. The average Bonchev–Trinajstić information content (AvgIpc) is 3.33. The van der Waals surface area contributed by atoms with Crippen molar-refractivity contribution < 1.29 is 23.6 Å². The van der Waals surface area contributed by atoms with E-state index in [0.29, 0.717) is 10.6 Å². The van der Waals surface area contributed by atoms with E-state index in [-0.39, 0.29) is 29.3 Å². The van der Waals surface area contributed by atoms with Gasteiger partial charge in [0.2, 0.25) is 6.10 Å². The predicted molar refractivity (Wildman–Crippen MR) is 113 cm³/mol. The van der Waals surface area contributed by atoms with Crippen LogP contribution in [0, 0.1) is 5.82 Å². The van der Waals surface area contributed by atoms with Crippen molar-refractivity contribution in [2.24, 2.45) is 5.16 Å². The van der Waals surface area contributed by atoms with Gasteiger partial charge in [-0.3, -0.25) is 4.79 Å². The van der Waals surface area contributed by atoms with Crippen LogP contribution >= 0.6 is 22.9 Å². The van der Waals surface area contributed by atoms with Gasteiger partial charge >= 0.3 is 5.97 Å². The van der Waals surface area contributed by atoms with Gasteiger partial charge in [-0.05, 0) is 50.3 Å². The number of fused-ring (bicyclic) bond motifs is 1. The number of hydrogen-bond donors (Lipinski definition) is 1. The molecule has 6 nitrogen and oxygen atoms in total. The molecule has 0 fully saturated rings. The molecule has 30 heavy (non-hydrogen) atoms. The van der Waals surface area contributed by atoms with Crippen LogP contribution in [0.25, 0.3) is 0 Å². The number of esters is 1. The van der Waals surface area contributed by atoms with Crippen LogP contribution < -0.4 is 5.32 Å². The number of thiophene rings is 1. The normalized spacial score (nSPS) is 17.7. The molecule has 1 unspecified atom stereocenters. The second-order valence-corrected chi connectivity index (χ2v) is 8.57. The van der Waals surface area contributed by atoms with E-state index < -0.39 is 23.8 Å². The fourth-order valence-corrected chi connectivity index (χ4v) is 5.26. The summed E-state index contributed by atoms with van der Waals surface area (Å²) in [6, 6.07) is 4.33. The summed E-state index contributed by atoms with van der Waals surface area (Å²) < 4.78 is 19.4. The topological polar surface area (TPSA) is 77.0 Å². The second-order valence-electron chi connectivity index (χ2n) is 7.06. The molecule has 1 aromatic carbocycles. The summed E-state index contributed by atoms with van der Waals surface area (Å²) in [5, 5.41) is 7.34. The summed E-state index contributed by atoms with van der Waals surface area (Å²) >= 11 is 7.48. The van der Waals surface area contributed by atoms with Crippen LogP contribution in [0.15, 0.2) is 23.4 Å². The van der Waals surface area contributed by atoms with Crippen LogP contribution in [0.3, 0.4) is 0 Å². The van der Waals surface area contributed by atoms with Crippen molar-refractivity contribution in [3.8, 4) is 0 Å². The van der Waals surface area contributed by atoms with E-state index in [1.165, 1.54) is 23.5 Å². The molecule has 0 saturated carbocycles. The zero-order chi connectivity index (χ0) is 21.3. The molecule has 1 aliphatic heterocycles. The first kappa shape index (κ1) is 20.8. The van der Waals surface area contributed by atoms with Gasteiger partial charge in [-0.15, -0.1) is 11.3 Å². The molecule has 1 N–H and O–H groups in total. The minimum Gasteiger partial charge on any atom is -0.462 e. The van der Waals surface area contributed by atoms with Gasteiger partial charge in [-0.25, -0.2) is 9.18 Å². The number of rotatable bonds is 5. The Labute approximate surface area is 182 Å². The second kappa shape index (κ2) is 8.73. The zero-order valence-corrected chi connectivity index (χ0v) is 17.9. The minimum absolute atomic E-state index is 0.0757. The molecular formula is C21H20ClFN2O4S. The Balaban J connectivity index is 1.53. The Hall–Kier alpha value is -2.45. The fraction of sp³-hybridized carbons (Fsp3) is 0.381. The number of benzene rings is 1. The molecule has 1 aliphatic carbocycles. The van der Waals surface area contributed by atoms with Gasteiger partial charge in [0.1, 0.15) is 10.8 Å². The highest BCUT2D eigenvalue weighted by Crippen LogP contribution is 2.39. The Bertz CT molecular complexity index is 1020. The molecule has 0 saturated heterocycles. The summed E-state index contributed by atoms with van der Waals surface area (Å²) in [4.78, 5) is 31.7. The maximum atomic E-state index is 14.2. The standard InChI is InChI=1S/C21H20ClFN2O4S/c1-2-28-21(27)17-11-6-3-4-9-16(11)30-20(17)24-19(26)15-10-14(25-29-15)18-12(22)7-5-8-13(18)23/h5,7-8,15H,2-4,6,9-10H2,1H3,(H,24,26). The lowest BCUT2D eigenvalue weighted by molar-refractivity contribution is -0.125. The van der Waals surface area contributed by atoms with Crippen molar-refractivity contribution in [3.05, 3.63) is 50.6 Å². The van der Waals surface area contributed by atoms with Crippen LogP contribution in [0.1, 0.15) is 52.5 Å². The van der Waals surface area contributed by atoms with E-state index in [0.717, 1.165) is 36.1 Å². The van der Waals surface area contributed by atoms with Gasteiger partial charge in [0.05, 0.1) is 28.5 Å². The highest BCUT2D eigenvalue weighted by atomic mass is 35.5. The number of hydrogen-bond acceptors (Lipinski definition) is 6. The first-order valence-corrected chi connectivity index (χ1v) is 11.0. The molecule has 0 spiro atoms. The molecule has 158 valence electrons. The van der Waals surface area contributed by atoms with Crippen LogP contribution in [-0.2, 0) is 27.2 Å². The summed E-state index contributed by atoms with van der Waals surface area (Å²) in [6.07, 6.45) is 2.85. The minimum atomic E-state index is -0.940. The van der Waals surface area contributed by atoms with Gasteiger partial charge in [0.15, 0.2) is 0 Å². The summed E-state index contributed by atoms with van der Waals surface area (Å²) in [6.45, 7) is 2.00. The largest absolute Gasteiger partial charge is 0.462 e. The van der Waals surface area contributed by atoms with Crippen molar-refractivity contribution in [2.75, 3.05) is 11.9 Å². The van der Waals surface area contributed by atoms with Crippen LogP contribution in [0.5, 0.6) is 0 Å². The molecule has 2 heterocycles. The third-order valence-electron chi connectivity index (χ3n) is 5.10. The predicted octanol–water partition coefficient (Wildman–Crippen LogP) is 4.73. The molecule has 1 atom stereocenters. The highest BCUT2D eigenvalue weighted by Gasteiger charge is 2.33. The Morgan fingerprint density at radius 1 is 1.37 bits per heavy atom. The number of carbonyl (C=O) groups is 2. The lowest BCUT2D eigenvalue weighted by atomic mass is 9.95. The van der Waals surface area contributed by atoms with E-state index in [1.807, 2.05) is 0 Å². The summed E-state index contributed by atoms with van der Waals surface area (Å²) in [5.41, 5.74) is 1.80. The van der Waals surface area contributed by atoms with E-state index in [2.05, 4.69) is 10.5 Å². The molecule has 1 aromatic heterocycles. The molecule has 0 bridgehead atoms. The van der Waals surface area contributed by atoms with Gasteiger partial charge in [-0.1, -0.05) is 22.8 Å². The fourth-order valence-electron chi connectivity index (χ4n) is 3.70. The monoisotopic (exact) mass is 450 g/mol. The molecule has 4 rings (SSSR count). The smallest absolute Gasteiger partial charge is 0.341 e. The Morgan fingerprint density at radius 3 is 2.93 bits per heavy atom. The molecular weight excluding hydrogens is 431 g/mol. The van der Waals surface area contributed by atoms with Crippen molar-refractivity contribution in [2.45, 2.75) is 45.1 Å². The number of anilines is 1. The van der Waals surface area contributed by atoms with Crippen molar-refractivity contribution in [1.29, 1.82) is 0 Å². The number of aryl methyl sites for hydroxylation is 1. The quantitative estimate of drug-likeness (QED) is 0.668. The molecule has 9 heteroatoms. The van der Waals surface area contributed by atoms with Gasteiger partial charge < -0.3 is 14.9 Å². The molecule has 2 aromatic rings. The zero-order valence-electron chi connectivity index (χ0n) is 16.3. The third kappa shape index (κ3) is 3.94. The van der Waals surface area contributed by atoms with Crippen LogP contribution in [0.2, 0.25) is 5.02 Å². The van der Waals surface area contributed by atoms with Crippen molar-refractivity contribution in [3.63, 3.8) is 0 Å². The number of amides is 1. The van der Waals surface area contributed by atoms with Crippen LogP contribution in [-0.4, -0.2) is 30.3 Å². The first-order chi connectivity index (χ1) is 14.5. The van der Waals surface area contributed by atoms with Crippen molar-refractivity contribution >= 4 is 45.5 Å². The number of oxime groups is 1. The highest BCUT2D eigenvalue weighted by molar-refractivity contribution is 7.17. The van der Waals surface area contributed by atoms with E-state index in [9.17, 15) is 14.0 Å². The Kier molecular flexibility index (Phi) is 6.06. The average molecular weight is 451 g/mol. The number of nitrogens with one attached hydrogen (secondary N) is 1.